The van der Waals surface area contributed by atoms with Crippen LogP contribution in [0.15, 0.2) is 115 Å². The molecule has 0 amide bonds. The van der Waals surface area contributed by atoms with Crippen LogP contribution in [-0.2, 0) is 23.4 Å². The van der Waals surface area contributed by atoms with E-state index in [1.54, 1.807) is 24.3 Å². The summed E-state index contributed by atoms with van der Waals surface area (Å²) in [6.07, 6.45) is 0.573. The number of phenolic OH excluding ortho intramolecular Hbond substituents is 1. The summed E-state index contributed by atoms with van der Waals surface area (Å²) < 4.78 is 19.0. The third-order valence-electron chi connectivity index (χ3n) is 7.33. The van der Waals surface area contributed by atoms with Crippen LogP contribution in [0.2, 0.25) is 0 Å². The fraction of sp³-hybridized carbons (Fsp3) is 0.0882. The van der Waals surface area contributed by atoms with Gasteiger partial charge in [-0.1, -0.05) is 78.9 Å². The molecule has 5 nitrogen and oxygen atoms in total. The van der Waals surface area contributed by atoms with Crippen LogP contribution in [0.1, 0.15) is 43.7 Å². The van der Waals surface area contributed by atoms with Gasteiger partial charge in [-0.2, -0.15) is 0 Å². The molecule has 0 bridgehead atoms. The molecule has 0 saturated carbocycles. The van der Waals surface area contributed by atoms with Crippen molar-refractivity contribution in [2.24, 2.45) is 0 Å². The Labute approximate surface area is 225 Å². The molecule has 1 spiro atoms. The van der Waals surface area contributed by atoms with E-state index in [1.807, 2.05) is 78.9 Å². The molecule has 1 N–H and O–H groups in total. The molecule has 5 aromatic rings. The summed E-state index contributed by atoms with van der Waals surface area (Å²) in [6.45, 7) is 0.394. The lowest BCUT2D eigenvalue weighted by molar-refractivity contribution is 0.0221. The number of esters is 1. The van der Waals surface area contributed by atoms with E-state index < -0.39 is 11.6 Å². The molecule has 1 atom stereocenters. The largest absolute Gasteiger partial charge is 0.508 e. The third kappa shape index (κ3) is 3.82. The van der Waals surface area contributed by atoms with Crippen molar-refractivity contribution < 1.29 is 24.1 Å². The van der Waals surface area contributed by atoms with Gasteiger partial charge in [-0.15, -0.1) is 0 Å². The summed E-state index contributed by atoms with van der Waals surface area (Å²) in [6, 6.07) is 36.4. The predicted molar refractivity (Wildman–Crippen MR) is 146 cm³/mol. The molecule has 2 aliphatic heterocycles. The maximum atomic E-state index is 13.3. The minimum atomic E-state index is -1.23. The molecule has 1 unspecified atom stereocenters. The van der Waals surface area contributed by atoms with Gasteiger partial charge in [0.05, 0.1) is 11.1 Å². The molecule has 0 aromatic heterocycles. The minimum Gasteiger partial charge on any atom is -0.508 e. The Balaban J connectivity index is 1.45. The normalized spacial score (nSPS) is 16.6. The second-order valence-corrected chi connectivity index (χ2v) is 9.79. The SMILES string of the molecule is O=C1OC2(c3ccc(O)cc3Oc3cc(OCc4ccccc4)cc(Cc4ccccc4)c32)c2ccccc21. The summed E-state index contributed by atoms with van der Waals surface area (Å²) in [7, 11) is 0. The maximum Gasteiger partial charge on any atom is 0.340 e. The Morgan fingerprint density at radius 2 is 1.44 bits per heavy atom. The van der Waals surface area contributed by atoms with Gasteiger partial charge in [0.25, 0.3) is 0 Å². The Kier molecular flexibility index (Phi) is 5.37. The summed E-state index contributed by atoms with van der Waals surface area (Å²) in [4.78, 5) is 13.3. The number of ether oxygens (including phenoxy) is 3. The van der Waals surface area contributed by atoms with E-state index >= 15 is 0 Å². The molecule has 5 heteroatoms. The molecule has 0 fully saturated rings. The van der Waals surface area contributed by atoms with Gasteiger partial charge in [0.1, 0.15) is 29.6 Å². The van der Waals surface area contributed by atoms with Crippen LogP contribution in [0, 0.1) is 0 Å². The Morgan fingerprint density at radius 3 is 2.23 bits per heavy atom. The van der Waals surface area contributed by atoms with Gasteiger partial charge in [-0.05, 0) is 47.4 Å². The molecule has 0 radical (unpaired) electrons. The number of benzene rings is 5. The zero-order valence-electron chi connectivity index (χ0n) is 21.0. The highest BCUT2D eigenvalue weighted by atomic mass is 16.6. The summed E-state index contributed by atoms with van der Waals surface area (Å²) >= 11 is 0. The molecular weight excluding hydrogens is 488 g/mol. The number of fused-ring (bicyclic) bond motifs is 6. The Hall–Kier alpha value is -5.03. The van der Waals surface area contributed by atoms with E-state index in [0.29, 0.717) is 41.4 Å². The number of phenols is 1. The first-order valence-corrected chi connectivity index (χ1v) is 12.8. The number of aromatic hydroxyl groups is 1. The second kappa shape index (κ2) is 9.07. The highest BCUT2D eigenvalue weighted by Gasteiger charge is 2.54. The first kappa shape index (κ1) is 23.1. The van der Waals surface area contributed by atoms with Gasteiger partial charge in [0.15, 0.2) is 5.60 Å². The van der Waals surface area contributed by atoms with E-state index in [4.69, 9.17) is 14.2 Å². The van der Waals surface area contributed by atoms with Crippen LogP contribution in [0.5, 0.6) is 23.0 Å². The highest BCUT2D eigenvalue weighted by molar-refractivity contribution is 5.97. The van der Waals surface area contributed by atoms with E-state index in [2.05, 4.69) is 12.1 Å². The fourth-order valence-electron chi connectivity index (χ4n) is 5.65. The van der Waals surface area contributed by atoms with Crippen molar-refractivity contribution in [1.29, 1.82) is 0 Å². The molecule has 190 valence electrons. The average Bonchev–Trinajstić information content (AvgIpc) is 3.25. The average molecular weight is 513 g/mol. The van der Waals surface area contributed by atoms with Crippen LogP contribution in [0.25, 0.3) is 0 Å². The lowest BCUT2D eigenvalue weighted by Crippen LogP contribution is -2.34. The molecule has 2 aliphatic rings. The smallest absolute Gasteiger partial charge is 0.340 e. The third-order valence-corrected chi connectivity index (χ3v) is 7.33. The van der Waals surface area contributed by atoms with Crippen LogP contribution in [0.4, 0.5) is 0 Å². The van der Waals surface area contributed by atoms with Crippen LogP contribution >= 0.6 is 0 Å². The molecule has 7 rings (SSSR count). The van der Waals surface area contributed by atoms with Crippen molar-refractivity contribution >= 4 is 5.97 Å². The molecule has 0 saturated heterocycles. The van der Waals surface area contributed by atoms with E-state index in [1.165, 1.54) is 0 Å². The van der Waals surface area contributed by atoms with Crippen molar-refractivity contribution in [3.05, 3.63) is 154 Å². The van der Waals surface area contributed by atoms with Crippen molar-refractivity contribution in [2.75, 3.05) is 0 Å². The van der Waals surface area contributed by atoms with Gasteiger partial charge in [0.2, 0.25) is 0 Å². The van der Waals surface area contributed by atoms with E-state index in [9.17, 15) is 9.90 Å². The number of carbonyl (C=O) groups is 1. The van der Waals surface area contributed by atoms with E-state index in [-0.39, 0.29) is 5.75 Å². The van der Waals surface area contributed by atoms with Crippen LogP contribution in [-0.4, -0.2) is 11.1 Å². The first-order chi connectivity index (χ1) is 19.1. The van der Waals surface area contributed by atoms with Gasteiger partial charge < -0.3 is 19.3 Å². The van der Waals surface area contributed by atoms with Crippen molar-refractivity contribution in [3.63, 3.8) is 0 Å². The van der Waals surface area contributed by atoms with E-state index in [0.717, 1.165) is 27.8 Å². The monoisotopic (exact) mass is 512 g/mol. The standard InChI is InChI=1S/C34H24O5/c35-25-15-16-29-30(19-25)38-31-20-26(37-21-23-11-5-2-6-12-23)18-24(17-22-9-3-1-4-10-22)32(31)34(29)28-14-8-7-13-27(28)33(36)39-34/h1-16,18-20,35H,17,21H2. The van der Waals surface area contributed by atoms with Gasteiger partial charge in [-0.25, -0.2) is 4.79 Å². The van der Waals surface area contributed by atoms with Crippen molar-refractivity contribution in [1.82, 2.24) is 0 Å². The molecule has 2 heterocycles. The van der Waals surface area contributed by atoms with Crippen LogP contribution in [0.3, 0.4) is 0 Å². The number of hydrogen-bond donors (Lipinski definition) is 1. The highest BCUT2D eigenvalue weighted by Crippen LogP contribution is 2.58. The Bertz CT molecular complexity index is 1710. The Morgan fingerprint density at radius 1 is 0.718 bits per heavy atom. The number of carbonyl (C=O) groups excluding carboxylic acids is 1. The van der Waals surface area contributed by atoms with Crippen LogP contribution < -0.4 is 9.47 Å². The number of rotatable bonds is 5. The fourth-order valence-corrected chi connectivity index (χ4v) is 5.65. The molecule has 5 aromatic carbocycles. The summed E-state index contributed by atoms with van der Waals surface area (Å²) in [5.41, 5.74) is 4.53. The topological polar surface area (TPSA) is 65.0 Å². The van der Waals surface area contributed by atoms with Gasteiger partial charge in [-0.3, -0.25) is 0 Å². The van der Waals surface area contributed by atoms with Crippen molar-refractivity contribution in [3.8, 4) is 23.0 Å². The summed E-state index contributed by atoms with van der Waals surface area (Å²) in [5, 5.41) is 10.3. The first-order valence-electron chi connectivity index (χ1n) is 12.8. The zero-order chi connectivity index (χ0) is 26.4. The molecule has 39 heavy (non-hydrogen) atoms. The quantitative estimate of drug-likeness (QED) is 0.254. The summed E-state index contributed by atoms with van der Waals surface area (Å²) in [5.74, 6) is 1.25. The molecular formula is C34H24O5. The predicted octanol–water partition coefficient (Wildman–Crippen LogP) is 7.13. The van der Waals surface area contributed by atoms with Gasteiger partial charge >= 0.3 is 5.97 Å². The minimum absolute atomic E-state index is 0.0611. The lowest BCUT2D eigenvalue weighted by atomic mass is 9.75. The maximum absolute atomic E-state index is 13.3. The lowest BCUT2D eigenvalue weighted by Gasteiger charge is -2.38. The number of hydrogen-bond acceptors (Lipinski definition) is 5. The molecule has 0 aliphatic carbocycles. The second-order valence-electron chi connectivity index (χ2n) is 9.79. The van der Waals surface area contributed by atoms with Gasteiger partial charge in [0, 0.05) is 23.3 Å². The van der Waals surface area contributed by atoms with Crippen molar-refractivity contribution in [2.45, 2.75) is 18.6 Å². The zero-order valence-corrected chi connectivity index (χ0v) is 21.0.